The molecule has 25 heavy (non-hydrogen) atoms. The second-order valence-corrected chi connectivity index (χ2v) is 4.81. The van der Waals surface area contributed by atoms with Crippen LogP contribution < -0.4 is 15.4 Å². The molecule has 3 amide bonds. The molecular formula is C16H18N4O5. The van der Waals surface area contributed by atoms with E-state index in [1.165, 1.54) is 18.0 Å². The molecule has 9 heteroatoms. The number of amides is 3. The number of hydrogen-bond donors (Lipinski definition) is 2. The van der Waals surface area contributed by atoms with Crippen molar-refractivity contribution in [2.75, 3.05) is 20.3 Å². The number of nitrogens with one attached hydrogen (secondary N) is 2. The monoisotopic (exact) mass is 346 g/mol. The molecule has 0 aliphatic heterocycles. The number of carbonyl (C=O) groups is 3. The van der Waals surface area contributed by atoms with Crippen LogP contribution in [0.15, 0.2) is 36.5 Å². The summed E-state index contributed by atoms with van der Waals surface area (Å²) in [6, 6.07) is 8.46. The smallest absolute Gasteiger partial charge is 0.363 e. The van der Waals surface area contributed by atoms with Crippen LogP contribution in [0, 0.1) is 0 Å². The summed E-state index contributed by atoms with van der Waals surface area (Å²) in [6.07, 6.45) is 1.53. The molecule has 0 saturated heterocycles. The van der Waals surface area contributed by atoms with E-state index in [1.807, 2.05) is 23.5 Å². The first kappa shape index (κ1) is 18.0. The number of benzene rings is 1. The Balaban J connectivity index is 2.03. The molecule has 1 aromatic carbocycles. The van der Waals surface area contributed by atoms with Crippen molar-refractivity contribution in [3.8, 4) is 11.4 Å². The van der Waals surface area contributed by atoms with Crippen molar-refractivity contribution in [2.45, 2.75) is 6.92 Å². The minimum Gasteiger partial charge on any atom is -0.493 e. The Hall–Kier alpha value is -3.36. The van der Waals surface area contributed by atoms with E-state index in [-0.39, 0.29) is 11.4 Å². The summed E-state index contributed by atoms with van der Waals surface area (Å²) in [5.74, 6) is -1.38. The SMILES string of the molecule is CCNC(=O)NC(=O)COC(=O)c1nn(-c2ccccc2)cc1OC. The fourth-order valence-electron chi connectivity index (χ4n) is 1.93. The number of esters is 1. The number of hydrogen-bond acceptors (Lipinski definition) is 6. The fourth-order valence-corrected chi connectivity index (χ4v) is 1.93. The number of ether oxygens (including phenoxy) is 2. The molecule has 0 spiro atoms. The number of urea groups is 1. The Morgan fingerprint density at radius 2 is 1.92 bits per heavy atom. The van der Waals surface area contributed by atoms with Gasteiger partial charge in [0.15, 0.2) is 12.4 Å². The predicted molar refractivity (Wildman–Crippen MR) is 87.6 cm³/mol. The quantitative estimate of drug-likeness (QED) is 0.751. The van der Waals surface area contributed by atoms with Crippen LogP contribution in [-0.2, 0) is 9.53 Å². The van der Waals surface area contributed by atoms with Gasteiger partial charge in [0.1, 0.15) is 0 Å². The van der Waals surface area contributed by atoms with Gasteiger partial charge < -0.3 is 14.8 Å². The number of methoxy groups -OCH3 is 1. The first-order valence-electron chi connectivity index (χ1n) is 7.49. The minimum atomic E-state index is -0.836. The highest BCUT2D eigenvalue weighted by Gasteiger charge is 2.21. The van der Waals surface area contributed by atoms with E-state index in [0.29, 0.717) is 6.54 Å². The van der Waals surface area contributed by atoms with E-state index in [4.69, 9.17) is 9.47 Å². The summed E-state index contributed by atoms with van der Waals surface area (Å²) >= 11 is 0. The minimum absolute atomic E-state index is 0.0721. The van der Waals surface area contributed by atoms with Crippen LogP contribution >= 0.6 is 0 Å². The zero-order chi connectivity index (χ0) is 18.2. The molecule has 0 unspecified atom stereocenters. The molecule has 2 N–H and O–H groups in total. The van der Waals surface area contributed by atoms with Crippen molar-refractivity contribution in [1.29, 1.82) is 0 Å². The maximum atomic E-state index is 12.1. The Kier molecular flexibility index (Phi) is 6.10. The van der Waals surface area contributed by atoms with E-state index in [2.05, 4.69) is 10.4 Å². The maximum absolute atomic E-state index is 12.1. The molecular weight excluding hydrogens is 328 g/mol. The molecule has 0 saturated carbocycles. The number of nitrogens with zero attached hydrogens (tertiary/aromatic N) is 2. The van der Waals surface area contributed by atoms with Crippen molar-refractivity contribution in [3.63, 3.8) is 0 Å². The average Bonchev–Trinajstić information content (AvgIpc) is 3.05. The van der Waals surface area contributed by atoms with Gasteiger partial charge in [0.05, 0.1) is 19.0 Å². The molecule has 0 aliphatic rings. The second-order valence-electron chi connectivity index (χ2n) is 4.81. The van der Waals surface area contributed by atoms with Crippen LogP contribution in [-0.4, -0.2) is 47.9 Å². The number of rotatable bonds is 6. The number of aromatic nitrogens is 2. The fraction of sp³-hybridized carbons (Fsp3) is 0.250. The van der Waals surface area contributed by atoms with Crippen molar-refractivity contribution in [3.05, 3.63) is 42.2 Å². The zero-order valence-electron chi connectivity index (χ0n) is 13.8. The topological polar surface area (TPSA) is 112 Å². The summed E-state index contributed by atoms with van der Waals surface area (Å²) in [6.45, 7) is 1.46. The molecule has 0 aliphatic carbocycles. The molecule has 0 fully saturated rings. The summed E-state index contributed by atoms with van der Waals surface area (Å²) in [5, 5.41) is 8.54. The van der Waals surface area contributed by atoms with Crippen molar-refractivity contribution < 1.29 is 23.9 Å². The van der Waals surface area contributed by atoms with E-state index in [9.17, 15) is 14.4 Å². The van der Waals surface area contributed by atoms with Gasteiger partial charge in [0.2, 0.25) is 5.69 Å². The van der Waals surface area contributed by atoms with Gasteiger partial charge in [-0.15, -0.1) is 0 Å². The van der Waals surface area contributed by atoms with E-state index < -0.39 is 24.5 Å². The summed E-state index contributed by atoms with van der Waals surface area (Å²) in [7, 11) is 1.39. The first-order chi connectivity index (χ1) is 12.0. The van der Waals surface area contributed by atoms with Crippen LogP contribution in [0.3, 0.4) is 0 Å². The van der Waals surface area contributed by atoms with Crippen LogP contribution in [0.5, 0.6) is 5.75 Å². The zero-order valence-corrected chi connectivity index (χ0v) is 13.8. The van der Waals surface area contributed by atoms with Crippen LogP contribution in [0.2, 0.25) is 0 Å². The standard InChI is InChI=1S/C16H18N4O5/c1-3-17-16(23)18-13(21)10-25-15(22)14-12(24-2)9-20(19-14)11-7-5-4-6-8-11/h4-9H,3,10H2,1-2H3,(H2,17,18,21,23). The second kappa shape index (κ2) is 8.48. The van der Waals surface area contributed by atoms with Crippen LogP contribution in [0.4, 0.5) is 4.79 Å². The van der Waals surface area contributed by atoms with Crippen molar-refractivity contribution >= 4 is 17.9 Å². The summed E-state index contributed by atoms with van der Waals surface area (Å²) < 4.78 is 11.5. The Bertz CT molecular complexity index is 757. The Labute approximate surface area is 143 Å². The van der Waals surface area contributed by atoms with Gasteiger partial charge in [-0.25, -0.2) is 14.3 Å². The van der Waals surface area contributed by atoms with Gasteiger partial charge in [-0.3, -0.25) is 10.1 Å². The van der Waals surface area contributed by atoms with Crippen LogP contribution in [0.25, 0.3) is 5.69 Å². The van der Waals surface area contributed by atoms with Crippen molar-refractivity contribution in [2.24, 2.45) is 0 Å². The lowest BCUT2D eigenvalue weighted by molar-refractivity contribution is -0.123. The third-order valence-electron chi connectivity index (χ3n) is 3.04. The Morgan fingerprint density at radius 1 is 1.20 bits per heavy atom. The molecule has 2 rings (SSSR count). The van der Waals surface area contributed by atoms with Crippen LogP contribution in [0.1, 0.15) is 17.4 Å². The van der Waals surface area contributed by atoms with E-state index in [1.54, 1.807) is 19.1 Å². The lowest BCUT2D eigenvalue weighted by atomic mass is 10.3. The summed E-state index contributed by atoms with van der Waals surface area (Å²) in [4.78, 5) is 34.9. The highest BCUT2D eigenvalue weighted by atomic mass is 16.5. The number of imide groups is 1. The largest absolute Gasteiger partial charge is 0.493 e. The average molecular weight is 346 g/mol. The maximum Gasteiger partial charge on any atom is 0.363 e. The van der Waals surface area contributed by atoms with Gasteiger partial charge in [-0.1, -0.05) is 18.2 Å². The van der Waals surface area contributed by atoms with E-state index in [0.717, 1.165) is 5.69 Å². The van der Waals surface area contributed by atoms with E-state index >= 15 is 0 Å². The van der Waals surface area contributed by atoms with Crippen molar-refractivity contribution in [1.82, 2.24) is 20.4 Å². The first-order valence-corrected chi connectivity index (χ1v) is 7.49. The molecule has 9 nitrogen and oxygen atoms in total. The molecule has 132 valence electrons. The van der Waals surface area contributed by atoms with Gasteiger partial charge in [-0.05, 0) is 19.1 Å². The predicted octanol–water partition coefficient (Wildman–Crippen LogP) is 0.883. The molecule has 0 radical (unpaired) electrons. The normalized spacial score (nSPS) is 10.0. The third kappa shape index (κ3) is 4.80. The molecule has 0 bridgehead atoms. The lowest BCUT2D eigenvalue weighted by Gasteiger charge is -2.05. The lowest BCUT2D eigenvalue weighted by Crippen LogP contribution is -2.41. The third-order valence-corrected chi connectivity index (χ3v) is 3.04. The molecule has 1 heterocycles. The number of carbonyl (C=O) groups excluding carboxylic acids is 3. The molecule has 1 aromatic heterocycles. The molecule has 2 aromatic rings. The number of para-hydroxylation sites is 1. The highest BCUT2D eigenvalue weighted by molar-refractivity contribution is 5.97. The van der Waals surface area contributed by atoms with Gasteiger partial charge >= 0.3 is 12.0 Å². The highest BCUT2D eigenvalue weighted by Crippen LogP contribution is 2.20. The van der Waals surface area contributed by atoms with Gasteiger partial charge in [0, 0.05) is 6.54 Å². The van der Waals surface area contributed by atoms with Gasteiger partial charge in [-0.2, -0.15) is 5.10 Å². The van der Waals surface area contributed by atoms with Gasteiger partial charge in [0.25, 0.3) is 5.91 Å². The Morgan fingerprint density at radius 3 is 2.56 bits per heavy atom. The summed E-state index contributed by atoms with van der Waals surface area (Å²) in [5.41, 5.74) is 0.658. The molecule has 0 atom stereocenters.